The van der Waals surface area contributed by atoms with Gasteiger partial charge >= 0.3 is 0 Å². The van der Waals surface area contributed by atoms with Gasteiger partial charge in [-0.05, 0) is 37.3 Å². The molecule has 0 saturated carbocycles. The van der Waals surface area contributed by atoms with E-state index in [4.69, 9.17) is 20.2 Å². The third kappa shape index (κ3) is 3.89. The van der Waals surface area contributed by atoms with Crippen LogP contribution in [0.3, 0.4) is 0 Å². The number of hydrogen-bond donors (Lipinski definition) is 1. The minimum atomic E-state index is 0.742. The molecule has 6 nitrogen and oxygen atoms in total. The highest BCUT2D eigenvalue weighted by Gasteiger charge is 2.21. The van der Waals surface area contributed by atoms with E-state index in [0.29, 0.717) is 0 Å². The highest BCUT2D eigenvalue weighted by molar-refractivity contribution is 5.59. The van der Waals surface area contributed by atoms with E-state index in [1.807, 2.05) is 43.5 Å². The standard InChI is InChI=1S/C23H26N4O2/c1-15-21(28-2)9-6-17(22(15)29-3)13-27-11-10-20-18(14-27)12-25-23(26-20)16-4-7-19(24)8-5-16/h4-9,12H,10-11,13-14,24H2,1-3H3. The minimum Gasteiger partial charge on any atom is -0.496 e. The summed E-state index contributed by atoms with van der Waals surface area (Å²) in [7, 11) is 3.39. The van der Waals surface area contributed by atoms with Crippen LogP contribution in [0.15, 0.2) is 42.6 Å². The van der Waals surface area contributed by atoms with Crippen LogP contribution in [0.25, 0.3) is 11.4 Å². The predicted octanol–water partition coefficient (Wildman–Crippen LogP) is 3.61. The molecule has 0 radical (unpaired) electrons. The summed E-state index contributed by atoms with van der Waals surface area (Å²) in [5.41, 5.74) is 12.0. The first-order chi connectivity index (χ1) is 14.1. The predicted molar refractivity (Wildman–Crippen MR) is 114 cm³/mol. The Bertz CT molecular complexity index is 1020. The second-order valence-electron chi connectivity index (χ2n) is 7.33. The molecule has 29 heavy (non-hydrogen) atoms. The molecule has 0 aliphatic carbocycles. The number of rotatable bonds is 5. The minimum absolute atomic E-state index is 0.742. The monoisotopic (exact) mass is 390 g/mol. The van der Waals surface area contributed by atoms with Gasteiger partial charge in [-0.25, -0.2) is 9.97 Å². The van der Waals surface area contributed by atoms with Crippen LogP contribution in [0.1, 0.15) is 22.4 Å². The van der Waals surface area contributed by atoms with Gasteiger partial charge in [-0.15, -0.1) is 0 Å². The van der Waals surface area contributed by atoms with E-state index >= 15 is 0 Å². The van der Waals surface area contributed by atoms with Crippen molar-refractivity contribution in [2.45, 2.75) is 26.4 Å². The molecule has 1 aliphatic heterocycles. The molecule has 0 spiro atoms. The fourth-order valence-electron chi connectivity index (χ4n) is 3.88. The average molecular weight is 390 g/mol. The van der Waals surface area contributed by atoms with Gasteiger partial charge in [-0.2, -0.15) is 0 Å². The summed E-state index contributed by atoms with van der Waals surface area (Å²) in [5.74, 6) is 2.49. The zero-order chi connectivity index (χ0) is 20.4. The van der Waals surface area contributed by atoms with Gasteiger partial charge in [0.25, 0.3) is 0 Å². The zero-order valence-corrected chi connectivity index (χ0v) is 17.1. The molecule has 0 amide bonds. The second kappa shape index (κ2) is 8.09. The van der Waals surface area contributed by atoms with Crippen molar-refractivity contribution in [2.75, 3.05) is 26.5 Å². The average Bonchev–Trinajstić information content (AvgIpc) is 2.74. The Balaban J connectivity index is 1.52. The smallest absolute Gasteiger partial charge is 0.159 e. The molecule has 2 N–H and O–H groups in total. The van der Waals surface area contributed by atoms with Gasteiger partial charge in [-0.1, -0.05) is 6.07 Å². The molecular formula is C23H26N4O2. The Morgan fingerprint density at radius 3 is 2.59 bits per heavy atom. The number of hydrogen-bond acceptors (Lipinski definition) is 6. The topological polar surface area (TPSA) is 73.5 Å². The molecule has 2 heterocycles. The van der Waals surface area contributed by atoms with E-state index in [-0.39, 0.29) is 0 Å². The fourth-order valence-corrected chi connectivity index (χ4v) is 3.88. The number of nitrogens with zero attached hydrogens (tertiary/aromatic N) is 3. The number of fused-ring (bicyclic) bond motifs is 1. The maximum atomic E-state index is 5.78. The molecule has 2 aromatic carbocycles. The molecule has 0 fully saturated rings. The lowest BCUT2D eigenvalue weighted by atomic mass is 10.0. The molecule has 1 aromatic heterocycles. The summed E-state index contributed by atoms with van der Waals surface area (Å²) < 4.78 is 11.1. The van der Waals surface area contributed by atoms with Crippen LogP contribution in [0, 0.1) is 6.92 Å². The zero-order valence-electron chi connectivity index (χ0n) is 17.1. The molecule has 0 bridgehead atoms. The van der Waals surface area contributed by atoms with Gasteiger partial charge in [0.15, 0.2) is 5.82 Å². The molecule has 6 heteroatoms. The van der Waals surface area contributed by atoms with Crippen LogP contribution in [0.5, 0.6) is 11.5 Å². The largest absolute Gasteiger partial charge is 0.496 e. The number of nitrogen functional groups attached to an aromatic ring is 1. The summed E-state index contributed by atoms with van der Waals surface area (Å²) in [6.45, 7) is 4.61. The molecular weight excluding hydrogens is 364 g/mol. The van der Waals surface area contributed by atoms with Crippen molar-refractivity contribution in [3.05, 3.63) is 65.0 Å². The molecule has 4 rings (SSSR count). The Kier molecular flexibility index (Phi) is 5.36. The van der Waals surface area contributed by atoms with Crippen molar-refractivity contribution in [3.63, 3.8) is 0 Å². The molecule has 150 valence electrons. The van der Waals surface area contributed by atoms with E-state index in [1.165, 1.54) is 5.56 Å². The van der Waals surface area contributed by atoms with Crippen LogP contribution in [0.2, 0.25) is 0 Å². The Morgan fingerprint density at radius 1 is 1.07 bits per heavy atom. The van der Waals surface area contributed by atoms with Crippen molar-refractivity contribution in [1.82, 2.24) is 14.9 Å². The Morgan fingerprint density at radius 2 is 1.86 bits per heavy atom. The number of methoxy groups -OCH3 is 2. The number of nitrogens with two attached hydrogens (primary N) is 1. The molecule has 0 saturated heterocycles. The fraction of sp³-hybridized carbons (Fsp3) is 0.304. The number of anilines is 1. The van der Waals surface area contributed by atoms with Crippen molar-refractivity contribution >= 4 is 5.69 Å². The molecule has 1 aliphatic rings. The lowest BCUT2D eigenvalue weighted by molar-refractivity contribution is 0.239. The summed E-state index contributed by atoms with van der Waals surface area (Å²) in [5, 5.41) is 0. The quantitative estimate of drug-likeness (QED) is 0.671. The van der Waals surface area contributed by atoms with Crippen LogP contribution < -0.4 is 15.2 Å². The SMILES string of the molecule is COc1ccc(CN2CCc3nc(-c4ccc(N)cc4)ncc3C2)c(OC)c1C. The number of ether oxygens (including phenoxy) is 2. The van der Waals surface area contributed by atoms with Crippen LogP contribution in [-0.2, 0) is 19.5 Å². The molecule has 0 unspecified atom stereocenters. The second-order valence-corrected chi connectivity index (χ2v) is 7.33. The first-order valence-electron chi connectivity index (χ1n) is 9.72. The third-order valence-corrected chi connectivity index (χ3v) is 5.44. The van der Waals surface area contributed by atoms with Crippen molar-refractivity contribution in [2.24, 2.45) is 0 Å². The van der Waals surface area contributed by atoms with E-state index in [0.717, 1.165) is 71.5 Å². The number of aromatic nitrogens is 2. The van der Waals surface area contributed by atoms with Crippen molar-refractivity contribution < 1.29 is 9.47 Å². The summed E-state index contributed by atoms with van der Waals surface area (Å²) in [4.78, 5) is 11.8. The Labute approximate surface area is 171 Å². The third-order valence-electron chi connectivity index (χ3n) is 5.44. The highest BCUT2D eigenvalue weighted by atomic mass is 16.5. The van der Waals surface area contributed by atoms with Crippen LogP contribution in [0.4, 0.5) is 5.69 Å². The van der Waals surface area contributed by atoms with Gasteiger partial charge in [0.1, 0.15) is 11.5 Å². The van der Waals surface area contributed by atoms with E-state index < -0.39 is 0 Å². The lowest BCUT2D eigenvalue weighted by Gasteiger charge is -2.29. The van der Waals surface area contributed by atoms with E-state index in [1.54, 1.807) is 14.2 Å². The summed E-state index contributed by atoms with van der Waals surface area (Å²) in [6, 6.07) is 11.8. The van der Waals surface area contributed by atoms with E-state index in [9.17, 15) is 0 Å². The van der Waals surface area contributed by atoms with Gasteiger partial charge < -0.3 is 15.2 Å². The summed E-state index contributed by atoms with van der Waals surface area (Å²) >= 11 is 0. The first kappa shape index (κ1) is 19.2. The van der Waals surface area contributed by atoms with Crippen molar-refractivity contribution in [3.8, 4) is 22.9 Å². The van der Waals surface area contributed by atoms with Gasteiger partial charge in [-0.3, -0.25) is 4.90 Å². The Hall–Kier alpha value is -3.12. The first-order valence-corrected chi connectivity index (χ1v) is 9.72. The van der Waals surface area contributed by atoms with E-state index in [2.05, 4.69) is 16.0 Å². The maximum absolute atomic E-state index is 5.78. The van der Waals surface area contributed by atoms with Crippen molar-refractivity contribution in [1.29, 1.82) is 0 Å². The van der Waals surface area contributed by atoms with Crippen LogP contribution >= 0.6 is 0 Å². The summed E-state index contributed by atoms with van der Waals surface area (Å²) in [6.07, 6.45) is 2.86. The normalized spacial score (nSPS) is 13.8. The van der Waals surface area contributed by atoms with Gasteiger partial charge in [0, 0.05) is 60.2 Å². The lowest BCUT2D eigenvalue weighted by Crippen LogP contribution is -2.31. The number of benzene rings is 2. The maximum Gasteiger partial charge on any atom is 0.159 e. The van der Waals surface area contributed by atoms with Gasteiger partial charge in [0.2, 0.25) is 0 Å². The van der Waals surface area contributed by atoms with Gasteiger partial charge in [0.05, 0.1) is 19.9 Å². The highest BCUT2D eigenvalue weighted by Crippen LogP contribution is 2.33. The molecule has 0 atom stereocenters. The van der Waals surface area contributed by atoms with Crippen LogP contribution in [-0.4, -0.2) is 35.6 Å². The molecule has 3 aromatic rings.